The number of hydrogen-bond donors (Lipinski definition) is 1. The number of imidazole rings is 1. The molecule has 0 amide bonds. The topological polar surface area (TPSA) is 42.7 Å². The standard InChI is InChI=1S/C14H19BrN4/c1-3-17-13(11-8-12(15)10-16-9-11)4-5-14-18-6-7-19(14)2/h6-10,13,17H,3-5H2,1-2H3. The summed E-state index contributed by atoms with van der Waals surface area (Å²) in [5.41, 5.74) is 1.21. The van der Waals surface area contributed by atoms with Crippen LogP contribution in [0, 0.1) is 0 Å². The molecule has 0 bridgehead atoms. The molecule has 0 radical (unpaired) electrons. The molecule has 0 spiro atoms. The van der Waals surface area contributed by atoms with Gasteiger partial charge in [-0.1, -0.05) is 6.92 Å². The zero-order valence-electron chi connectivity index (χ0n) is 11.3. The van der Waals surface area contributed by atoms with Crippen molar-refractivity contribution < 1.29 is 0 Å². The van der Waals surface area contributed by atoms with Crippen molar-refractivity contribution in [3.05, 3.63) is 46.7 Å². The molecule has 0 aliphatic heterocycles. The molecule has 0 aromatic carbocycles. The maximum Gasteiger partial charge on any atom is 0.108 e. The summed E-state index contributed by atoms with van der Waals surface area (Å²) < 4.78 is 3.09. The number of pyridine rings is 1. The lowest BCUT2D eigenvalue weighted by atomic mass is 10.0. The van der Waals surface area contributed by atoms with Crippen LogP contribution in [-0.4, -0.2) is 21.1 Å². The molecule has 2 aromatic heterocycles. The molecule has 0 saturated carbocycles. The van der Waals surface area contributed by atoms with Gasteiger partial charge in [0.2, 0.25) is 0 Å². The third-order valence-electron chi connectivity index (χ3n) is 3.16. The van der Waals surface area contributed by atoms with Gasteiger partial charge in [-0.3, -0.25) is 4.98 Å². The Balaban J connectivity index is 2.06. The van der Waals surface area contributed by atoms with E-state index in [0.717, 1.165) is 29.7 Å². The van der Waals surface area contributed by atoms with Crippen LogP contribution in [0.15, 0.2) is 35.3 Å². The number of halogens is 1. The maximum atomic E-state index is 4.37. The Morgan fingerprint density at radius 1 is 1.42 bits per heavy atom. The van der Waals surface area contributed by atoms with E-state index in [4.69, 9.17) is 0 Å². The second kappa shape index (κ2) is 6.82. The lowest BCUT2D eigenvalue weighted by Gasteiger charge is -2.18. The summed E-state index contributed by atoms with van der Waals surface area (Å²) >= 11 is 3.48. The van der Waals surface area contributed by atoms with Crippen LogP contribution in [0.25, 0.3) is 0 Å². The molecular formula is C14H19BrN4. The highest BCUT2D eigenvalue weighted by atomic mass is 79.9. The number of hydrogen-bond acceptors (Lipinski definition) is 3. The van der Waals surface area contributed by atoms with Crippen molar-refractivity contribution >= 4 is 15.9 Å². The summed E-state index contributed by atoms with van der Waals surface area (Å²) in [4.78, 5) is 8.61. The van der Waals surface area contributed by atoms with Crippen LogP contribution in [0.1, 0.15) is 30.8 Å². The van der Waals surface area contributed by atoms with E-state index in [0.29, 0.717) is 6.04 Å². The highest BCUT2D eigenvalue weighted by Crippen LogP contribution is 2.21. The average Bonchev–Trinajstić information content (AvgIpc) is 2.80. The molecule has 102 valence electrons. The third-order valence-corrected chi connectivity index (χ3v) is 3.59. The van der Waals surface area contributed by atoms with Gasteiger partial charge in [-0.15, -0.1) is 0 Å². The van der Waals surface area contributed by atoms with E-state index in [9.17, 15) is 0 Å². The lowest BCUT2D eigenvalue weighted by Crippen LogP contribution is -2.22. The first kappa shape index (κ1) is 14.2. The predicted molar refractivity (Wildman–Crippen MR) is 79.9 cm³/mol. The quantitative estimate of drug-likeness (QED) is 0.889. The Morgan fingerprint density at radius 2 is 2.26 bits per heavy atom. The van der Waals surface area contributed by atoms with Crippen LogP contribution in [0.3, 0.4) is 0 Å². The van der Waals surface area contributed by atoms with Gasteiger partial charge in [-0.2, -0.15) is 0 Å². The van der Waals surface area contributed by atoms with Crippen LogP contribution in [0.5, 0.6) is 0 Å². The highest BCUT2D eigenvalue weighted by molar-refractivity contribution is 9.10. The third kappa shape index (κ3) is 3.88. The molecule has 5 heteroatoms. The van der Waals surface area contributed by atoms with Crippen LogP contribution in [0.2, 0.25) is 0 Å². The first-order valence-corrected chi connectivity index (χ1v) is 7.30. The first-order valence-electron chi connectivity index (χ1n) is 6.50. The molecule has 0 aliphatic rings. The molecule has 2 rings (SSSR count). The number of aromatic nitrogens is 3. The van der Waals surface area contributed by atoms with E-state index in [-0.39, 0.29) is 0 Å². The Morgan fingerprint density at radius 3 is 2.89 bits per heavy atom. The first-order chi connectivity index (χ1) is 9.20. The monoisotopic (exact) mass is 322 g/mol. The van der Waals surface area contributed by atoms with Gasteiger partial charge in [0.15, 0.2) is 0 Å². The van der Waals surface area contributed by atoms with E-state index in [1.165, 1.54) is 5.56 Å². The lowest BCUT2D eigenvalue weighted by molar-refractivity contribution is 0.504. The van der Waals surface area contributed by atoms with Gasteiger partial charge < -0.3 is 9.88 Å². The fourth-order valence-electron chi connectivity index (χ4n) is 2.16. The molecule has 0 saturated heterocycles. The Kier molecular flexibility index (Phi) is 5.10. The molecule has 1 unspecified atom stereocenters. The smallest absolute Gasteiger partial charge is 0.108 e. The van der Waals surface area contributed by atoms with Crippen LogP contribution in [-0.2, 0) is 13.5 Å². The normalized spacial score (nSPS) is 12.6. The number of nitrogens with zero attached hydrogens (tertiary/aromatic N) is 3. The zero-order chi connectivity index (χ0) is 13.7. The van der Waals surface area contributed by atoms with E-state index < -0.39 is 0 Å². The summed E-state index contributed by atoms with van der Waals surface area (Å²) in [6.45, 7) is 3.07. The number of aryl methyl sites for hydroxylation is 2. The fourth-order valence-corrected chi connectivity index (χ4v) is 2.55. The average molecular weight is 323 g/mol. The zero-order valence-corrected chi connectivity index (χ0v) is 12.9. The summed E-state index contributed by atoms with van der Waals surface area (Å²) in [5.74, 6) is 1.12. The molecule has 1 N–H and O–H groups in total. The van der Waals surface area contributed by atoms with Crippen LogP contribution in [0.4, 0.5) is 0 Å². The van der Waals surface area contributed by atoms with Gasteiger partial charge in [-0.05, 0) is 40.5 Å². The summed E-state index contributed by atoms with van der Waals surface area (Å²) in [6, 6.07) is 2.44. The summed E-state index contributed by atoms with van der Waals surface area (Å²) in [7, 11) is 2.03. The summed E-state index contributed by atoms with van der Waals surface area (Å²) in [5, 5.41) is 3.51. The predicted octanol–water partition coefficient (Wildman–Crippen LogP) is 2.86. The summed E-state index contributed by atoms with van der Waals surface area (Å²) in [6.07, 6.45) is 9.53. The van der Waals surface area contributed by atoms with Crippen molar-refractivity contribution in [2.75, 3.05) is 6.54 Å². The Labute approximate surface area is 122 Å². The van der Waals surface area contributed by atoms with Crippen molar-refractivity contribution in [3.8, 4) is 0 Å². The van der Waals surface area contributed by atoms with Crippen molar-refractivity contribution in [1.29, 1.82) is 0 Å². The SMILES string of the molecule is CCNC(CCc1nccn1C)c1cncc(Br)c1. The molecule has 1 atom stereocenters. The second-order valence-corrected chi connectivity index (χ2v) is 5.46. The molecule has 0 aliphatic carbocycles. The molecule has 2 aromatic rings. The van der Waals surface area contributed by atoms with Crippen LogP contribution >= 0.6 is 15.9 Å². The van der Waals surface area contributed by atoms with Crippen molar-refractivity contribution in [3.63, 3.8) is 0 Å². The van der Waals surface area contributed by atoms with Crippen molar-refractivity contribution in [2.45, 2.75) is 25.8 Å². The fraction of sp³-hybridized carbons (Fsp3) is 0.429. The second-order valence-electron chi connectivity index (χ2n) is 4.54. The van der Waals surface area contributed by atoms with E-state index in [2.05, 4.69) is 48.8 Å². The Bertz CT molecular complexity index is 524. The number of nitrogens with one attached hydrogen (secondary N) is 1. The van der Waals surface area contributed by atoms with Gasteiger partial charge in [0.1, 0.15) is 5.82 Å². The van der Waals surface area contributed by atoms with Crippen molar-refractivity contribution in [2.24, 2.45) is 7.05 Å². The van der Waals surface area contributed by atoms with E-state index in [1.54, 1.807) is 0 Å². The number of rotatable bonds is 6. The van der Waals surface area contributed by atoms with Crippen LogP contribution < -0.4 is 5.32 Å². The van der Waals surface area contributed by atoms with Gasteiger partial charge in [0, 0.05) is 48.8 Å². The van der Waals surface area contributed by atoms with E-state index in [1.807, 2.05) is 31.8 Å². The largest absolute Gasteiger partial charge is 0.338 e. The minimum Gasteiger partial charge on any atom is -0.338 e. The minimum absolute atomic E-state index is 0.312. The van der Waals surface area contributed by atoms with Gasteiger partial charge >= 0.3 is 0 Å². The van der Waals surface area contributed by atoms with Gasteiger partial charge in [0.25, 0.3) is 0 Å². The molecular weight excluding hydrogens is 304 g/mol. The Hall–Kier alpha value is -1.20. The molecule has 2 heterocycles. The van der Waals surface area contributed by atoms with Crippen molar-refractivity contribution in [1.82, 2.24) is 19.9 Å². The van der Waals surface area contributed by atoms with E-state index >= 15 is 0 Å². The maximum absolute atomic E-state index is 4.37. The molecule has 19 heavy (non-hydrogen) atoms. The molecule has 0 fully saturated rings. The van der Waals surface area contributed by atoms with Gasteiger partial charge in [-0.25, -0.2) is 4.98 Å². The minimum atomic E-state index is 0.312. The van der Waals surface area contributed by atoms with Gasteiger partial charge in [0.05, 0.1) is 0 Å². The highest BCUT2D eigenvalue weighted by Gasteiger charge is 2.12. The molecule has 4 nitrogen and oxygen atoms in total.